The van der Waals surface area contributed by atoms with Crippen molar-refractivity contribution < 1.29 is 17.9 Å². The molecule has 0 bridgehead atoms. The Morgan fingerprint density at radius 2 is 1.69 bits per heavy atom. The predicted octanol–water partition coefficient (Wildman–Crippen LogP) is 4.56. The standard InChI is InChI=1S/C23H22Cl2N2O4S/c1-31-22-12-11-19(15-21(22)25)27(32(29,30)20-5-3-2-4-6-20)16-23(28)26-14-13-17-7-9-18(24)10-8-17/h2-12,15H,13-14,16H2,1H3,(H,26,28). The van der Waals surface area contributed by atoms with Crippen LogP contribution in [0.15, 0.2) is 77.7 Å². The number of hydrogen-bond acceptors (Lipinski definition) is 4. The minimum Gasteiger partial charge on any atom is -0.495 e. The number of carbonyl (C=O) groups is 1. The predicted molar refractivity (Wildman–Crippen MR) is 127 cm³/mol. The second-order valence-electron chi connectivity index (χ2n) is 6.87. The molecular weight excluding hydrogens is 471 g/mol. The van der Waals surface area contributed by atoms with E-state index in [1.165, 1.54) is 25.3 Å². The number of carbonyl (C=O) groups excluding carboxylic acids is 1. The summed E-state index contributed by atoms with van der Waals surface area (Å²) in [5.41, 5.74) is 1.26. The van der Waals surface area contributed by atoms with Crippen molar-refractivity contribution in [3.05, 3.63) is 88.4 Å². The number of amides is 1. The van der Waals surface area contributed by atoms with Gasteiger partial charge in [-0.3, -0.25) is 9.10 Å². The van der Waals surface area contributed by atoms with E-state index in [-0.39, 0.29) is 15.6 Å². The molecule has 3 aromatic carbocycles. The highest BCUT2D eigenvalue weighted by Gasteiger charge is 2.27. The maximum absolute atomic E-state index is 13.3. The van der Waals surface area contributed by atoms with Gasteiger partial charge in [0.2, 0.25) is 5.91 Å². The fraction of sp³-hybridized carbons (Fsp3) is 0.174. The molecule has 3 rings (SSSR count). The number of benzene rings is 3. The number of hydrogen-bond donors (Lipinski definition) is 1. The Morgan fingerprint density at radius 1 is 1.00 bits per heavy atom. The first-order valence-electron chi connectivity index (χ1n) is 9.74. The molecular formula is C23H22Cl2N2O4S. The molecule has 0 spiro atoms. The number of rotatable bonds is 9. The van der Waals surface area contributed by atoms with Crippen molar-refractivity contribution in [1.29, 1.82) is 0 Å². The molecule has 168 valence electrons. The summed E-state index contributed by atoms with van der Waals surface area (Å²) in [5.74, 6) is -0.0368. The number of nitrogens with zero attached hydrogens (tertiary/aromatic N) is 1. The van der Waals surface area contributed by atoms with Crippen molar-refractivity contribution in [2.45, 2.75) is 11.3 Å². The van der Waals surface area contributed by atoms with Crippen LogP contribution >= 0.6 is 23.2 Å². The van der Waals surface area contributed by atoms with Crippen LogP contribution in [0.4, 0.5) is 5.69 Å². The molecule has 0 fully saturated rings. The largest absolute Gasteiger partial charge is 0.495 e. The Morgan fingerprint density at radius 3 is 2.31 bits per heavy atom. The Kier molecular flexibility index (Phi) is 8.01. The number of sulfonamides is 1. The summed E-state index contributed by atoms with van der Waals surface area (Å²) in [6.45, 7) is -0.0520. The quantitative estimate of drug-likeness (QED) is 0.475. The number of ether oxygens (including phenoxy) is 1. The van der Waals surface area contributed by atoms with Gasteiger partial charge in [0.05, 0.1) is 22.7 Å². The molecule has 3 aromatic rings. The van der Waals surface area contributed by atoms with Crippen LogP contribution < -0.4 is 14.4 Å². The lowest BCUT2D eigenvalue weighted by Gasteiger charge is -2.24. The van der Waals surface area contributed by atoms with Crippen LogP contribution in [-0.4, -0.2) is 34.5 Å². The number of anilines is 1. The molecule has 0 aliphatic rings. The Labute approximate surface area is 197 Å². The van der Waals surface area contributed by atoms with E-state index in [0.717, 1.165) is 9.87 Å². The molecule has 0 atom stereocenters. The number of methoxy groups -OCH3 is 1. The van der Waals surface area contributed by atoms with E-state index in [0.29, 0.717) is 23.7 Å². The highest BCUT2D eigenvalue weighted by Crippen LogP contribution is 2.31. The first-order valence-corrected chi connectivity index (χ1v) is 11.9. The van der Waals surface area contributed by atoms with Crippen molar-refractivity contribution in [3.63, 3.8) is 0 Å². The van der Waals surface area contributed by atoms with Gasteiger partial charge in [0.1, 0.15) is 12.3 Å². The topological polar surface area (TPSA) is 75.7 Å². The second-order valence-corrected chi connectivity index (χ2v) is 9.58. The fourth-order valence-corrected chi connectivity index (χ4v) is 4.84. The highest BCUT2D eigenvalue weighted by molar-refractivity contribution is 7.92. The zero-order valence-corrected chi connectivity index (χ0v) is 19.6. The molecule has 0 heterocycles. The monoisotopic (exact) mass is 492 g/mol. The normalized spacial score (nSPS) is 11.1. The van der Waals surface area contributed by atoms with Crippen molar-refractivity contribution in [2.24, 2.45) is 0 Å². The van der Waals surface area contributed by atoms with Crippen LogP contribution in [0.2, 0.25) is 10.0 Å². The van der Waals surface area contributed by atoms with E-state index in [1.807, 2.05) is 12.1 Å². The molecule has 1 N–H and O–H groups in total. The fourth-order valence-electron chi connectivity index (χ4n) is 3.03. The van der Waals surface area contributed by atoms with Gasteiger partial charge in [-0.05, 0) is 54.4 Å². The molecule has 0 aromatic heterocycles. The molecule has 1 amide bonds. The van der Waals surface area contributed by atoms with Gasteiger partial charge in [0, 0.05) is 11.6 Å². The number of nitrogens with one attached hydrogen (secondary N) is 1. The van der Waals surface area contributed by atoms with Gasteiger partial charge in [-0.25, -0.2) is 8.42 Å². The maximum Gasteiger partial charge on any atom is 0.264 e. The third-order valence-electron chi connectivity index (χ3n) is 4.69. The van der Waals surface area contributed by atoms with Crippen molar-refractivity contribution in [1.82, 2.24) is 5.32 Å². The summed E-state index contributed by atoms with van der Waals surface area (Å²) in [4.78, 5) is 12.7. The summed E-state index contributed by atoms with van der Waals surface area (Å²) in [5, 5.41) is 3.65. The zero-order valence-electron chi connectivity index (χ0n) is 17.3. The van der Waals surface area contributed by atoms with Gasteiger partial charge in [0.25, 0.3) is 10.0 Å². The van der Waals surface area contributed by atoms with Crippen LogP contribution in [0.3, 0.4) is 0 Å². The van der Waals surface area contributed by atoms with E-state index < -0.39 is 22.5 Å². The maximum atomic E-state index is 13.3. The van der Waals surface area contributed by atoms with Crippen LogP contribution in [0.1, 0.15) is 5.56 Å². The van der Waals surface area contributed by atoms with Crippen LogP contribution in [-0.2, 0) is 21.2 Å². The highest BCUT2D eigenvalue weighted by atomic mass is 35.5. The number of halogens is 2. The van der Waals surface area contributed by atoms with Gasteiger partial charge >= 0.3 is 0 Å². The third kappa shape index (κ3) is 5.94. The second kappa shape index (κ2) is 10.7. The molecule has 0 saturated heterocycles. The molecule has 0 unspecified atom stereocenters. The minimum absolute atomic E-state index is 0.0703. The molecule has 0 saturated carbocycles. The summed E-state index contributed by atoms with van der Waals surface area (Å²) in [7, 11) is -2.54. The summed E-state index contributed by atoms with van der Waals surface area (Å²) in [6, 6.07) is 19.8. The Hall–Kier alpha value is -2.74. The average molecular weight is 493 g/mol. The lowest BCUT2D eigenvalue weighted by atomic mass is 10.1. The Bertz CT molecular complexity index is 1170. The van der Waals surface area contributed by atoms with E-state index >= 15 is 0 Å². The molecule has 6 nitrogen and oxygen atoms in total. The van der Waals surface area contributed by atoms with Gasteiger partial charge in [-0.2, -0.15) is 0 Å². The van der Waals surface area contributed by atoms with E-state index in [2.05, 4.69) is 5.32 Å². The lowest BCUT2D eigenvalue weighted by molar-refractivity contribution is -0.119. The van der Waals surface area contributed by atoms with Crippen molar-refractivity contribution in [2.75, 3.05) is 24.5 Å². The smallest absolute Gasteiger partial charge is 0.264 e. The van der Waals surface area contributed by atoms with Gasteiger partial charge < -0.3 is 10.1 Å². The van der Waals surface area contributed by atoms with Crippen LogP contribution in [0.25, 0.3) is 0 Å². The summed E-state index contributed by atoms with van der Waals surface area (Å²) < 4.78 is 32.8. The van der Waals surface area contributed by atoms with Gasteiger partial charge in [-0.1, -0.05) is 53.5 Å². The molecule has 0 aliphatic carbocycles. The average Bonchev–Trinajstić information content (AvgIpc) is 2.79. The first kappa shape index (κ1) is 23.9. The first-order chi connectivity index (χ1) is 15.3. The summed E-state index contributed by atoms with van der Waals surface area (Å²) in [6.07, 6.45) is 0.586. The third-order valence-corrected chi connectivity index (χ3v) is 7.03. The molecule has 9 heteroatoms. The van der Waals surface area contributed by atoms with Gasteiger partial charge in [0.15, 0.2) is 0 Å². The van der Waals surface area contributed by atoms with Crippen LogP contribution in [0.5, 0.6) is 5.75 Å². The van der Waals surface area contributed by atoms with Gasteiger partial charge in [-0.15, -0.1) is 0 Å². The van der Waals surface area contributed by atoms with Crippen LogP contribution in [0, 0.1) is 0 Å². The molecule has 32 heavy (non-hydrogen) atoms. The molecule has 0 radical (unpaired) electrons. The van der Waals surface area contributed by atoms with E-state index in [9.17, 15) is 13.2 Å². The lowest BCUT2D eigenvalue weighted by Crippen LogP contribution is -2.41. The van der Waals surface area contributed by atoms with Crippen molar-refractivity contribution in [3.8, 4) is 5.75 Å². The Balaban J connectivity index is 1.80. The SMILES string of the molecule is COc1ccc(N(CC(=O)NCCc2ccc(Cl)cc2)S(=O)(=O)c2ccccc2)cc1Cl. The van der Waals surface area contributed by atoms with Crippen molar-refractivity contribution >= 4 is 44.8 Å². The zero-order chi connectivity index (χ0) is 23.1. The van der Waals surface area contributed by atoms with E-state index in [1.54, 1.807) is 42.5 Å². The molecule has 0 aliphatic heterocycles. The summed E-state index contributed by atoms with van der Waals surface area (Å²) >= 11 is 12.1. The minimum atomic E-state index is -4.01. The van der Waals surface area contributed by atoms with E-state index in [4.69, 9.17) is 27.9 Å².